The fourth-order valence-electron chi connectivity index (χ4n) is 0.530. The van der Waals surface area contributed by atoms with Gasteiger partial charge in [-0.05, 0) is 18.9 Å². The number of aliphatic hydroxyl groups excluding tert-OH is 1. The van der Waals surface area contributed by atoms with E-state index in [2.05, 4.69) is 4.74 Å². The standard InChI is InChI=1S/C8H14O3/c1-2-5-8(10)11-7-4-3-6-9/h4,7,9H,2-3,5-6H2,1H3. The smallest absolute Gasteiger partial charge is 0.310 e. The Morgan fingerprint density at radius 3 is 2.91 bits per heavy atom. The van der Waals surface area contributed by atoms with Gasteiger partial charge in [0.15, 0.2) is 0 Å². The summed E-state index contributed by atoms with van der Waals surface area (Å²) < 4.78 is 4.65. The molecule has 0 atom stereocenters. The number of hydrogen-bond donors (Lipinski definition) is 1. The third-order valence-corrected chi connectivity index (χ3v) is 1.05. The third-order valence-electron chi connectivity index (χ3n) is 1.05. The van der Waals surface area contributed by atoms with Crippen molar-refractivity contribution >= 4 is 5.97 Å². The van der Waals surface area contributed by atoms with Crippen LogP contribution in [0.4, 0.5) is 0 Å². The minimum Gasteiger partial charge on any atom is -0.435 e. The van der Waals surface area contributed by atoms with Gasteiger partial charge in [0.25, 0.3) is 0 Å². The summed E-state index contributed by atoms with van der Waals surface area (Å²) in [5, 5.41) is 8.34. The summed E-state index contributed by atoms with van der Waals surface area (Å²) in [6, 6.07) is 0. The maximum absolute atomic E-state index is 10.7. The molecule has 3 nitrogen and oxygen atoms in total. The topological polar surface area (TPSA) is 46.5 Å². The number of carbonyl (C=O) groups is 1. The molecule has 0 aliphatic heterocycles. The zero-order valence-electron chi connectivity index (χ0n) is 6.75. The highest BCUT2D eigenvalue weighted by molar-refractivity contribution is 5.69. The van der Waals surface area contributed by atoms with Crippen LogP contribution < -0.4 is 0 Å². The van der Waals surface area contributed by atoms with E-state index in [0.717, 1.165) is 6.42 Å². The Bertz CT molecular complexity index is 129. The van der Waals surface area contributed by atoms with Crippen LogP contribution in [-0.4, -0.2) is 17.7 Å². The predicted octanol–water partition coefficient (Wildman–Crippen LogP) is 1.23. The fourth-order valence-corrected chi connectivity index (χ4v) is 0.530. The van der Waals surface area contributed by atoms with Crippen molar-refractivity contribution in [1.82, 2.24) is 0 Å². The third kappa shape index (κ3) is 7.06. The van der Waals surface area contributed by atoms with E-state index in [4.69, 9.17) is 5.11 Å². The van der Waals surface area contributed by atoms with Gasteiger partial charge in [0.2, 0.25) is 0 Å². The van der Waals surface area contributed by atoms with E-state index < -0.39 is 0 Å². The average Bonchev–Trinajstić information content (AvgIpc) is 1.99. The summed E-state index contributed by atoms with van der Waals surface area (Å²) in [4.78, 5) is 10.7. The molecule has 0 aromatic heterocycles. The number of aliphatic hydroxyl groups is 1. The molecule has 0 fully saturated rings. The van der Waals surface area contributed by atoms with Gasteiger partial charge in [-0.25, -0.2) is 0 Å². The van der Waals surface area contributed by atoms with Crippen molar-refractivity contribution in [1.29, 1.82) is 0 Å². The van der Waals surface area contributed by atoms with Gasteiger partial charge < -0.3 is 9.84 Å². The number of hydrogen-bond acceptors (Lipinski definition) is 3. The maximum atomic E-state index is 10.7. The molecule has 0 saturated carbocycles. The monoisotopic (exact) mass is 158 g/mol. The van der Waals surface area contributed by atoms with Gasteiger partial charge in [0, 0.05) is 13.0 Å². The van der Waals surface area contributed by atoms with Gasteiger partial charge in [-0.3, -0.25) is 4.79 Å². The van der Waals surface area contributed by atoms with Crippen molar-refractivity contribution in [2.75, 3.05) is 6.61 Å². The average molecular weight is 158 g/mol. The zero-order chi connectivity index (χ0) is 8.53. The Balaban J connectivity index is 3.29. The first-order valence-electron chi connectivity index (χ1n) is 3.76. The molecule has 0 saturated heterocycles. The highest BCUT2D eigenvalue weighted by Gasteiger charge is 1.95. The first-order valence-corrected chi connectivity index (χ1v) is 3.76. The highest BCUT2D eigenvalue weighted by Crippen LogP contribution is 1.92. The van der Waals surface area contributed by atoms with Crippen LogP contribution >= 0.6 is 0 Å². The summed E-state index contributed by atoms with van der Waals surface area (Å²) in [6.07, 6.45) is 4.72. The molecule has 0 spiro atoms. The second-order valence-corrected chi connectivity index (χ2v) is 2.12. The summed E-state index contributed by atoms with van der Waals surface area (Å²) >= 11 is 0. The molecule has 0 aliphatic rings. The number of ether oxygens (including phenoxy) is 1. The van der Waals surface area contributed by atoms with Crippen molar-refractivity contribution in [3.63, 3.8) is 0 Å². The van der Waals surface area contributed by atoms with Gasteiger partial charge >= 0.3 is 5.97 Å². The second-order valence-electron chi connectivity index (χ2n) is 2.12. The van der Waals surface area contributed by atoms with Crippen molar-refractivity contribution < 1.29 is 14.6 Å². The lowest BCUT2D eigenvalue weighted by molar-refractivity contribution is -0.138. The van der Waals surface area contributed by atoms with Gasteiger partial charge in [0.1, 0.15) is 0 Å². The molecule has 64 valence electrons. The lowest BCUT2D eigenvalue weighted by atomic mass is 10.3. The Morgan fingerprint density at radius 1 is 1.64 bits per heavy atom. The predicted molar refractivity (Wildman–Crippen MR) is 41.8 cm³/mol. The molecular weight excluding hydrogens is 144 g/mol. The molecule has 0 aliphatic carbocycles. The van der Waals surface area contributed by atoms with Crippen LogP contribution in [0, 0.1) is 0 Å². The highest BCUT2D eigenvalue weighted by atomic mass is 16.5. The molecule has 0 radical (unpaired) electrons. The normalized spacial score (nSPS) is 10.4. The number of carbonyl (C=O) groups excluding carboxylic acids is 1. The molecule has 3 heteroatoms. The molecule has 0 amide bonds. The lowest BCUT2D eigenvalue weighted by Crippen LogP contribution is -1.97. The first-order chi connectivity index (χ1) is 5.31. The SMILES string of the molecule is CCCC(=O)OC=CCCO. The molecular formula is C8H14O3. The van der Waals surface area contributed by atoms with Crippen LogP contribution in [0.15, 0.2) is 12.3 Å². The van der Waals surface area contributed by atoms with Crippen LogP contribution in [-0.2, 0) is 9.53 Å². The molecule has 1 N–H and O–H groups in total. The number of rotatable bonds is 5. The van der Waals surface area contributed by atoms with E-state index in [0.29, 0.717) is 12.8 Å². The molecule has 0 unspecified atom stereocenters. The molecule has 0 aromatic rings. The van der Waals surface area contributed by atoms with Crippen LogP contribution in [0.25, 0.3) is 0 Å². The maximum Gasteiger partial charge on any atom is 0.310 e. The largest absolute Gasteiger partial charge is 0.435 e. The minimum atomic E-state index is -0.221. The van der Waals surface area contributed by atoms with Crippen molar-refractivity contribution in [3.05, 3.63) is 12.3 Å². The Morgan fingerprint density at radius 2 is 2.36 bits per heavy atom. The summed E-state index contributed by atoms with van der Waals surface area (Å²) in [5.74, 6) is -0.221. The van der Waals surface area contributed by atoms with Crippen LogP contribution in [0.1, 0.15) is 26.2 Å². The Hall–Kier alpha value is -0.830. The lowest BCUT2D eigenvalue weighted by Gasteiger charge is -1.94. The van der Waals surface area contributed by atoms with Crippen molar-refractivity contribution in [2.24, 2.45) is 0 Å². The first kappa shape index (κ1) is 10.2. The van der Waals surface area contributed by atoms with Crippen LogP contribution in [0.2, 0.25) is 0 Å². The van der Waals surface area contributed by atoms with E-state index in [1.807, 2.05) is 6.92 Å². The van der Waals surface area contributed by atoms with Gasteiger partial charge in [-0.2, -0.15) is 0 Å². The molecule has 0 aromatic carbocycles. The van der Waals surface area contributed by atoms with E-state index in [1.54, 1.807) is 6.08 Å². The van der Waals surface area contributed by atoms with E-state index in [-0.39, 0.29) is 12.6 Å². The van der Waals surface area contributed by atoms with E-state index in [9.17, 15) is 4.79 Å². The minimum absolute atomic E-state index is 0.0851. The van der Waals surface area contributed by atoms with Crippen molar-refractivity contribution in [2.45, 2.75) is 26.2 Å². The van der Waals surface area contributed by atoms with Gasteiger partial charge in [0.05, 0.1) is 6.26 Å². The van der Waals surface area contributed by atoms with E-state index in [1.165, 1.54) is 6.26 Å². The summed E-state index contributed by atoms with van der Waals surface area (Å²) in [6.45, 7) is 2.00. The summed E-state index contributed by atoms with van der Waals surface area (Å²) in [7, 11) is 0. The van der Waals surface area contributed by atoms with Crippen molar-refractivity contribution in [3.8, 4) is 0 Å². The van der Waals surface area contributed by atoms with Gasteiger partial charge in [-0.1, -0.05) is 6.92 Å². The Kier molecular flexibility index (Phi) is 6.73. The Labute approximate surface area is 66.7 Å². The number of esters is 1. The van der Waals surface area contributed by atoms with Crippen LogP contribution in [0.3, 0.4) is 0 Å². The molecule has 0 rings (SSSR count). The summed E-state index contributed by atoms with van der Waals surface area (Å²) in [5.41, 5.74) is 0. The second kappa shape index (κ2) is 7.28. The quantitative estimate of drug-likeness (QED) is 0.483. The molecule has 11 heavy (non-hydrogen) atoms. The molecule has 0 bridgehead atoms. The van der Waals surface area contributed by atoms with Gasteiger partial charge in [-0.15, -0.1) is 0 Å². The van der Waals surface area contributed by atoms with E-state index >= 15 is 0 Å². The molecule has 0 heterocycles. The fraction of sp³-hybridized carbons (Fsp3) is 0.625. The zero-order valence-corrected chi connectivity index (χ0v) is 6.75. The van der Waals surface area contributed by atoms with Crippen LogP contribution in [0.5, 0.6) is 0 Å².